The van der Waals surface area contributed by atoms with Gasteiger partial charge in [0.05, 0.1) is 0 Å². The Morgan fingerprint density at radius 2 is 2.25 bits per heavy atom. The Morgan fingerprint density at radius 1 is 1.42 bits per heavy atom. The van der Waals surface area contributed by atoms with E-state index in [-0.39, 0.29) is 11.9 Å². The van der Waals surface area contributed by atoms with E-state index in [9.17, 15) is 4.39 Å². The van der Waals surface area contributed by atoms with Crippen LogP contribution in [0.4, 0.5) is 4.39 Å². The van der Waals surface area contributed by atoms with Gasteiger partial charge >= 0.3 is 0 Å². The van der Waals surface area contributed by atoms with Gasteiger partial charge in [0.25, 0.3) is 0 Å². The molecule has 2 nitrogen and oxygen atoms in total. The summed E-state index contributed by atoms with van der Waals surface area (Å²) < 4.78 is 23.3. The number of rotatable bonds is 0. The van der Waals surface area contributed by atoms with Crippen LogP contribution in [0, 0.1) is 5.82 Å². The molecule has 64 valence electrons. The molecule has 1 aromatic carbocycles. The van der Waals surface area contributed by atoms with Crippen molar-refractivity contribution >= 4 is 0 Å². The zero-order valence-electron chi connectivity index (χ0n) is 6.71. The fraction of sp³-hybridized carbons (Fsp3) is 0.333. The van der Waals surface area contributed by atoms with Crippen molar-refractivity contribution in [2.45, 2.75) is 13.0 Å². The van der Waals surface area contributed by atoms with Crippen molar-refractivity contribution in [2.24, 2.45) is 0 Å². The molecule has 0 aliphatic carbocycles. The normalized spacial score (nSPS) is 20.7. The van der Waals surface area contributed by atoms with Crippen LogP contribution in [0.1, 0.15) is 6.92 Å². The fourth-order valence-corrected chi connectivity index (χ4v) is 1.15. The first-order chi connectivity index (χ1) is 5.75. The number of benzene rings is 1. The van der Waals surface area contributed by atoms with Crippen molar-refractivity contribution in [1.82, 2.24) is 0 Å². The molecule has 0 bridgehead atoms. The van der Waals surface area contributed by atoms with Crippen molar-refractivity contribution in [3.63, 3.8) is 0 Å². The van der Waals surface area contributed by atoms with Gasteiger partial charge < -0.3 is 9.47 Å². The summed E-state index contributed by atoms with van der Waals surface area (Å²) in [5, 5.41) is 0. The minimum atomic E-state index is -0.300. The highest BCUT2D eigenvalue weighted by Gasteiger charge is 2.16. The summed E-state index contributed by atoms with van der Waals surface area (Å²) in [6.45, 7) is 2.41. The lowest BCUT2D eigenvalue weighted by Crippen LogP contribution is -2.25. The first kappa shape index (κ1) is 7.40. The van der Waals surface area contributed by atoms with Gasteiger partial charge in [-0.1, -0.05) is 0 Å². The molecule has 1 aliphatic rings. The smallest absolute Gasteiger partial charge is 0.164 e. The number of hydrogen-bond acceptors (Lipinski definition) is 2. The van der Waals surface area contributed by atoms with Gasteiger partial charge in [-0.2, -0.15) is 0 Å². The first-order valence-corrected chi connectivity index (χ1v) is 3.85. The predicted molar refractivity (Wildman–Crippen MR) is 42.0 cm³/mol. The van der Waals surface area contributed by atoms with Crippen molar-refractivity contribution in [2.75, 3.05) is 6.61 Å². The molecule has 0 amide bonds. The summed E-state index contributed by atoms with van der Waals surface area (Å²) in [6, 6.07) is 4.28. The largest absolute Gasteiger partial charge is 0.486 e. The quantitative estimate of drug-likeness (QED) is 0.589. The third kappa shape index (κ3) is 1.22. The van der Waals surface area contributed by atoms with Crippen molar-refractivity contribution in [1.29, 1.82) is 0 Å². The molecule has 2 rings (SSSR count). The number of fused-ring (bicyclic) bond motifs is 1. The van der Waals surface area contributed by atoms with E-state index in [1.165, 1.54) is 12.1 Å². The van der Waals surface area contributed by atoms with Crippen LogP contribution < -0.4 is 9.47 Å². The third-order valence-corrected chi connectivity index (χ3v) is 1.71. The second-order valence-electron chi connectivity index (χ2n) is 2.83. The SMILES string of the molecule is CC1COc2ccc(F)cc2O1. The van der Waals surface area contributed by atoms with Crippen LogP contribution in [-0.4, -0.2) is 12.7 Å². The molecular weight excluding hydrogens is 159 g/mol. The minimum absolute atomic E-state index is 0.000648. The first-order valence-electron chi connectivity index (χ1n) is 3.85. The average Bonchev–Trinajstić information content (AvgIpc) is 2.03. The second-order valence-corrected chi connectivity index (χ2v) is 2.83. The van der Waals surface area contributed by atoms with Crippen LogP contribution in [0.25, 0.3) is 0 Å². The van der Waals surface area contributed by atoms with Crippen molar-refractivity contribution < 1.29 is 13.9 Å². The Labute approximate surface area is 69.9 Å². The highest BCUT2D eigenvalue weighted by molar-refractivity contribution is 5.41. The standard InChI is InChI=1S/C9H9FO2/c1-6-5-11-8-3-2-7(10)4-9(8)12-6/h2-4,6H,5H2,1H3. The topological polar surface area (TPSA) is 18.5 Å². The molecule has 1 aliphatic heterocycles. The molecule has 0 N–H and O–H groups in total. The van der Waals surface area contributed by atoms with E-state index in [4.69, 9.17) is 9.47 Å². The number of ether oxygens (including phenoxy) is 2. The van der Waals surface area contributed by atoms with Gasteiger partial charge in [-0.25, -0.2) is 4.39 Å². The van der Waals surface area contributed by atoms with Crippen LogP contribution in [0.3, 0.4) is 0 Å². The lowest BCUT2D eigenvalue weighted by atomic mass is 10.2. The molecule has 3 heteroatoms. The maximum Gasteiger partial charge on any atom is 0.164 e. The van der Waals surface area contributed by atoms with E-state index >= 15 is 0 Å². The van der Waals surface area contributed by atoms with Crippen LogP contribution in [0.15, 0.2) is 18.2 Å². The van der Waals surface area contributed by atoms with E-state index < -0.39 is 0 Å². The molecule has 0 radical (unpaired) electrons. The van der Waals surface area contributed by atoms with Crippen molar-refractivity contribution in [3.05, 3.63) is 24.0 Å². The summed E-state index contributed by atoms with van der Waals surface area (Å²) >= 11 is 0. The zero-order valence-corrected chi connectivity index (χ0v) is 6.71. The van der Waals surface area contributed by atoms with E-state index in [0.717, 1.165) is 0 Å². The van der Waals surface area contributed by atoms with Crippen LogP contribution in [0.2, 0.25) is 0 Å². The molecule has 1 aromatic rings. The van der Waals surface area contributed by atoms with E-state index in [1.807, 2.05) is 6.92 Å². The molecule has 0 aromatic heterocycles. The van der Waals surface area contributed by atoms with Crippen LogP contribution in [0.5, 0.6) is 11.5 Å². The Kier molecular flexibility index (Phi) is 1.64. The molecule has 1 unspecified atom stereocenters. The maximum atomic E-state index is 12.7. The van der Waals surface area contributed by atoms with E-state index in [0.29, 0.717) is 18.1 Å². The summed E-state index contributed by atoms with van der Waals surface area (Å²) in [7, 11) is 0. The number of hydrogen-bond donors (Lipinski definition) is 0. The average molecular weight is 168 g/mol. The zero-order chi connectivity index (χ0) is 8.55. The molecule has 0 saturated carbocycles. The Balaban J connectivity index is 2.37. The van der Waals surface area contributed by atoms with Crippen LogP contribution >= 0.6 is 0 Å². The Morgan fingerprint density at radius 3 is 3.08 bits per heavy atom. The summed E-state index contributed by atoms with van der Waals surface area (Å²) in [5.41, 5.74) is 0. The van der Waals surface area contributed by atoms with E-state index in [1.54, 1.807) is 6.07 Å². The summed E-state index contributed by atoms with van der Waals surface area (Å²) in [6.07, 6.45) is -0.000648. The van der Waals surface area contributed by atoms with Gasteiger partial charge in [0.2, 0.25) is 0 Å². The monoisotopic (exact) mass is 168 g/mol. The Hall–Kier alpha value is -1.25. The molecule has 0 spiro atoms. The molecule has 12 heavy (non-hydrogen) atoms. The third-order valence-electron chi connectivity index (χ3n) is 1.71. The molecule has 0 fully saturated rings. The minimum Gasteiger partial charge on any atom is -0.486 e. The van der Waals surface area contributed by atoms with Gasteiger partial charge in [-0.05, 0) is 19.1 Å². The highest BCUT2D eigenvalue weighted by Crippen LogP contribution is 2.31. The molecular formula is C9H9FO2. The van der Waals surface area contributed by atoms with E-state index in [2.05, 4.69) is 0 Å². The molecule has 1 atom stereocenters. The summed E-state index contributed by atoms with van der Waals surface area (Å²) in [4.78, 5) is 0. The second kappa shape index (κ2) is 2.66. The van der Waals surface area contributed by atoms with Crippen molar-refractivity contribution in [3.8, 4) is 11.5 Å². The van der Waals surface area contributed by atoms with Gasteiger partial charge in [-0.15, -0.1) is 0 Å². The lowest BCUT2D eigenvalue weighted by Gasteiger charge is -2.23. The van der Waals surface area contributed by atoms with Crippen LogP contribution in [-0.2, 0) is 0 Å². The van der Waals surface area contributed by atoms with Gasteiger partial charge in [0, 0.05) is 6.07 Å². The van der Waals surface area contributed by atoms with Gasteiger partial charge in [0.15, 0.2) is 11.5 Å². The maximum absolute atomic E-state index is 12.7. The highest BCUT2D eigenvalue weighted by atomic mass is 19.1. The lowest BCUT2D eigenvalue weighted by molar-refractivity contribution is 0.103. The van der Waals surface area contributed by atoms with Gasteiger partial charge in [0.1, 0.15) is 18.5 Å². The fourth-order valence-electron chi connectivity index (χ4n) is 1.15. The van der Waals surface area contributed by atoms with Gasteiger partial charge in [-0.3, -0.25) is 0 Å². The predicted octanol–water partition coefficient (Wildman–Crippen LogP) is 1.99. The number of halogens is 1. The summed E-state index contributed by atoms with van der Waals surface area (Å²) in [5.74, 6) is 0.815. The molecule has 1 heterocycles. The molecule has 0 saturated heterocycles. The Bertz CT molecular complexity index is 299.